The summed E-state index contributed by atoms with van der Waals surface area (Å²) < 4.78 is 12.7. The highest BCUT2D eigenvalue weighted by Crippen LogP contribution is 2.03. The maximum Gasteiger partial charge on any atom is 0.191 e. The maximum atomic E-state index is 12.7. The molecule has 3 nitrogen and oxygen atoms in total. The van der Waals surface area contributed by atoms with Gasteiger partial charge in [0.05, 0.1) is 0 Å². The lowest BCUT2D eigenvalue weighted by Crippen LogP contribution is -2.39. The van der Waals surface area contributed by atoms with Crippen LogP contribution in [0.25, 0.3) is 0 Å². The minimum Gasteiger partial charge on any atom is -0.355 e. The van der Waals surface area contributed by atoms with Crippen molar-refractivity contribution in [1.82, 2.24) is 10.6 Å². The van der Waals surface area contributed by atoms with Gasteiger partial charge in [-0.3, -0.25) is 4.99 Å². The topological polar surface area (TPSA) is 36.4 Å². The Hall–Kier alpha value is -1.23. The van der Waals surface area contributed by atoms with E-state index in [9.17, 15) is 4.39 Å². The molecule has 0 heterocycles. The van der Waals surface area contributed by atoms with Gasteiger partial charge in [0.1, 0.15) is 5.82 Å². The first kappa shape index (κ1) is 14.8. The van der Waals surface area contributed by atoms with Crippen molar-refractivity contribution in [3.63, 3.8) is 0 Å². The largest absolute Gasteiger partial charge is 0.355 e. The zero-order chi connectivity index (χ0) is 13.4. The second-order valence-corrected chi connectivity index (χ2v) is 5.26. The van der Waals surface area contributed by atoms with Gasteiger partial charge >= 0.3 is 0 Å². The lowest BCUT2D eigenvalue weighted by atomic mass is 10.2. The zero-order valence-corrected chi connectivity index (χ0v) is 11.9. The molecule has 0 saturated heterocycles. The monoisotopic (exact) mass is 269 g/mol. The van der Waals surface area contributed by atoms with Crippen LogP contribution in [0.15, 0.2) is 29.3 Å². The number of guanidine groups is 1. The molecule has 0 aromatic heterocycles. The minimum absolute atomic E-state index is 0.213. The van der Waals surface area contributed by atoms with Crippen LogP contribution in [0.5, 0.6) is 0 Å². The van der Waals surface area contributed by atoms with E-state index in [1.54, 1.807) is 30.9 Å². The van der Waals surface area contributed by atoms with Crippen LogP contribution in [-0.4, -0.2) is 31.1 Å². The Kier molecular flexibility index (Phi) is 6.57. The number of thioether (sulfide) groups is 1. The molecule has 0 aliphatic heterocycles. The molecule has 2 N–H and O–H groups in total. The van der Waals surface area contributed by atoms with Crippen molar-refractivity contribution in [2.75, 3.05) is 19.8 Å². The summed E-state index contributed by atoms with van der Waals surface area (Å²) in [5, 5.41) is 6.97. The molecular formula is C13H20FN3S. The van der Waals surface area contributed by atoms with Gasteiger partial charge in [-0.1, -0.05) is 19.1 Å². The fourth-order valence-electron chi connectivity index (χ4n) is 1.33. The summed E-state index contributed by atoms with van der Waals surface area (Å²) in [5.41, 5.74) is 1.03. The minimum atomic E-state index is -0.213. The first-order valence-corrected chi connectivity index (χ1v) is 7.16. The normalized spacial score (nSPS) is 13.2. The number of halogens is 1. The van der Waals surface area contributed by atoms with Gasteiger partial charge in [-0.15, -0.1) is 0 Å². The van der Waals surface area contributed by atoms with Gasteiger partial charge in [-0.25, -0.2) is 4.39 Å². The zero-order valence-electron chi connectivity index (χ0n) is 11.0. The Morgan fingerprint density at radius 2 is 2.00 bits per heavy atom. The van der Waals surface area contributed by atoms with Gasteiger partial charge in [-0.2, -0.15) is 11.8 Å². The van der Waals surface area contributed by atoms with Crippen molar-refractivity contribution in [3.05, 3.63) is 35.6 Å². The van der Waals surface area contributed by atoms with E-state index < -0.39 is 0 Å². The Morgan fingerprint density at radius 3 is 2.56 bits per heavy atom. The highest BCUT2D eigenvalue weighted by molar-refractivity contribution is 7.99. The van der Waals surface area contributed by atoms with Crippen molar-refractivity contribution < 1.29 is 4.39 Å². The molecule has 1 rings (SSSR count). The Bertz CT molecular complexity index is 378. The van der Waals surface area contributed by atoms with Crippen molar-refractivity contribution in [1.29, 1.82) is 0 Å². The average Bonchev–Trinajstić information content (AvgIpc) is 2.40. The van der Waals surface area contributed by atoms with E-state index >= 15 is 0 Å². The van der Waals surface area contributed by atoms with Gasteiger partial charge in [0.25, 0.3) is 0 Å². The van der Waals surface area contributed by atoms with Crippen molar-refractivity contribution in [2.45, 2.75) is 18.7 Å². The Morgan fingerprint density at radius 1 is 1.33 bits per heavy atom. The summed E-state index contributed by atoms with van der Waals surface area (Å²) >= 11 is 1.81. The van der Waals surface area contributed by atoms with E-state index in [1.165, 1.54) is 12.1 Å². The molecule has 0 bridgehead atoms. The average molecular weight is 269 g/mol. The molecule has 0 aliphatic rings. The molecule has 1 unspecified atom stereocenters. The molecule has 5 heteroatoms. The Balaban J connectivity index is 2.38. The quantitative estimate of drug-likeness (QED) is 0.636. The SMILES string of the molecule is CN=C(NCc1ccc(F)cc1)NCC(C)SC. The summed E-state index contributed by atoms with van der Waals surface area (Å²) in [6.45, 7) is 3.66. The first-order chi connectivity index (χ1) is 8.65. The Labute approximate surface area is 112 Å². The number of aliphatic imine (C=N–C) groups is 1. The number of hydrogen-bond acceptors (Lipinski definition) is 2. The van der Waals surface area contributed by atoms with Crippen molar-refractivity contribution in [3.8, 4) is 0 Å². The standard InChI is InChI=1S/C13H20FN3S/c1-10(18-3)8-16-13(15-2)17-9-11-4-6-12(14)7-5-11/h4-7,10H,8-9H2,1-3H3,(H2,15,16,17). The summed E-state index contributed by atoms with van der Waals surface area (Å²) in [5.74, 6) is 0.551. The van der Waals surface area contributed by atoms with Gasteiger partial charge in [0.2, 0.25) is 0 Å². The summed E-state index contributed by atoms with van der Waals surface area (Å²) in [6, 6.07) is 6.45. The first-order valence-electron chi connectivity index (χ1n) is 5.87. The van der Waals surface area contributed by atoms with Crippen LogP contribution < -0.4 is 10.6 Å². The number of nitrogens with one attached hydrogen (secondary N) is 2. The van der Waals surface area contributed by atoms with E-state index in [-0.39, 0.29) is 5.82 Å². The third-order valence-corrected chi connectivity index (χ3v) is 3.53. The fraction of sp³-hybridized carbons (Fsp3) is 0.462. The predicted molar refractivity (Wildman–Crippen MR) is 77.6 cm³/mol. The van der Waals surface area contributed by atoms with Crippen LogP contribution in [0, 0.1) is 5.82 Å². The van der Waals surface area contributed by atoms with Gasteiger partial charge in [-0.05, 0) is 24.0 Å². The van der Waals surface area contributed by atoms with Gasteiger partial charge in [0, 0.05) is 25.4 Å². The molecule has 0 saturated carbocycles. The molecule has 1 aromatic rings. The fourth-order valence-corrected chi connectivity index (χ4v) is 1.58. The number of hydrogen-bond donors (Lipinski definition) is 2. The van der Waals surface area contributed by atoms with E-state index in [2.05, 4.69) is 28.8 Å². The van der Waals surface area contributed by atoms with Crippen molar-refractivity contribution >= 4 is 17.7 Å². The van der Waals surface area contributed by atoms with E-state index in [4.69, 9.17) is 0 Å². The molecule has 0 radical (unpaired) electrons. The highest BCUT2D eigenvalue weighted by atomic mass is 32.2. The van der Waals surface area contributed by atoms with E-state index in [1.807, 2.05) is 0 Å². The lowest BCUT2D eigenvalue weighted by molar-refractivity contribution is 0.626. The maximum absolute atomic E-state index is 12.7. The molecular weight excluding hydrogens is 249 g/mol. The third-order valence-electron chi connectivity index (χ3n) is 2.56. The molecule has 1 atom stereocenters. The van der Waals surface area contributed by atoms with E-state index in [0.717, 1.165) is 18.1 Å². The van der Waals surface area contributed by atoms with Gasteiger partial charge in [0.15, 0.2) is 5.96 Å². The molecule has 0 spiro atoms. The smallest absolute Gasteiger partial charge is 0.191 e. The second-order valence-electron chi connectivity index (χ2n) is 3.98. The summed E-state index contributed by atoms with van der Waals surface area (Å²) in [6.07, 6.45) is 2.08. The molecule has 0 amide bonds. The molecule has 100 valence electrons. The molecule has 18 heavy (non-hydrogen) atoms. The van der Waals surface area contributed by atoms with Crippen LogP contribution in [0.3, 0.4) is 0 Å². The number of nitrogens with zero attached hydrogens (tertiary/aromatic N) is 1. The number of rotatable bonds is 5. The molecule has 1 aromatic carbocycles. The second kappa shape index (κ2) is 7.97. The summed E-state index contributed by atoms with van der Waals surface area (Å²) in [4.78, 5) is 4.14. The van der Waals surface area contributed by atoms with E-state index in [0.29, 0.717) is 11.8 Å². The van der Waals surface area contributed by atoms with Crippen LogP contribution in [0.1, 0.15) is 12.5 Å². The predicted octanol–water partition coefficient (Wildman–Crippen LogP) is 2.24. The highest BCUT2D eigenvalue weighted by Gasteiger charge is 2.02. The third kappa shape index (κ3) is 5.40. The molecule has 0 fully saturated rings. The van der Waals surface area contributed by atoms with Crippen molar-refractivity contribution in [2.24, 2.45) is 4.99 Å². The van der Waals surface area contributed by atoms with Crippen LogP contribution in [-0.2, 0) is 6.54 Å². The molecule has 0 aliphatic carbocycles. The van der Waals surface area contributed by atoms with Crippen LogP contribution >= 0.6 is 11.8 Å². The summed E-state index contributed by atoms with van der Waals surface area (Å²) in [7, 11) is 1.74. The number of benzene rings is 1. The lowest BCUT2D eigenvalue weighted by Gasteiger charge is -2.14. The van der Waals surface area contributed by atoms with Crippen LogP contribution in [0.2, 0.25) is 0 Å². The van der Waals surface area contributed by atoms with Gasteiger partial charge < -0.3 is 10.6 Å². The van der Waals surface area contributed by atoms with Crippen LogP contribution in [0.4, 0.5) is 4.39 Å².